The highest BCUT2D eigenvalue weighted by Crippen LogP contribution is 2.49. The average Bonchev–Trinajstić information content (AvgIpc) is 3.32. The summed E-state index contributed by atoms with van der Waals surface area (Å²) in [6.45, 7) is 1.97. The van der Waals surface area contributed by atoms with Gasteiger partial charge < -0.3 is 14.2 Å². The predicted octanol–water partition coefficient (Wildman–Crippen LogP) is 6.19. The Kier molecular flexibility index (Phi) is 4.66. The molecule has 1 unspecified atom stereocenters. The summed E-state index contributed by atoms with van der Waals surface area (Å²) in [5, 5.41) is 1.87. The first kappa shape index (κ1) is 20.5. The summed E-state index contributed by atoms with van der Waals surface area (Å²) in [7, 11) is 0. The van der Waals surface area contributed by atoms with E-state index in [0.29, 0.717) is 23.7 Å². The number of halogens is 1. The van der Waals surface area contributed by atoms with E-state index in [9.17, 15) is 4.79 Å². The first-order chi connectivity index (χ1) is 16.5. The van der Waals surface area contributed by atoms with Gasteiger partial charge in [0, 0.05) is 30.0 Å². The van der Waals surface area contributed by atoms with Crippen LogP contribution >= 0.6 is 0 Å². The summed E-state index contributed by atoms with van der Waals surface area (Å²) in [6.07, 6.45) is 4.60. The third-order valence-electron chi connectivity index (χ3n) is 6.40. The lowest BCUT2D eigenvalue weighted by Crippen LogP contribution is -2.35. The van der Waals surface area contributed by atoms with E-state index in [1.807, 2.05) is 54.6 Å². The van der Waals surface area contributed by atoms with Crippen molar-refractivity contribution in [2.45, 2.75) is 18.9 Å². The monoisotopic (exact) mass is 452 g/mol. The third kappa shape index (κ3) is 3.16. The molecule has 34 heavy (non-hydrogen) atoms. The Morgan fingerprint density at radius 2 is 1.85 bits per heavy atom. The van der Waals surface area contributed by atoms with Gasteiger partial charge in [-0.2, -0.15) is 0 Å². The van der Waals surface area contributed by atoms with Gasteiger partial charge in [-0.05, 0) is 52.8 Å². The molecule has 0 saturated carbocycles. The van der Waals surface area contributed by atoms with Crippen LogP contribution in [-0.2, 0) is 16.8 Å². The van der Waals surface area contributed by atoms with E-state index in [-0.39, 0.29) is 5.82 Å². The molecule has 0 aliphatic carbocycles. The number of fused-ring (bicyclic) bond motifs is 4. The molecular formula is C29H21FO4. The van der Waals surface area contributed by atoms with E-state index in [2.05, 4.69) is 0 Å². The summed E-state index contributed by atoms with van der Waals surface area (Å²) in [6, 6.07) is 22.0. The number of esters is 1. The van der Waals surface area contributed by atoms with Crippen LogP contribution in [0.25, 0.3) is 16.8 Å². The fourth-order valence-corrected chi connectivity index (χ4v) is 4.86. The van der Waals surface area contributed by atoms with Gasteiger partial charge >= 0.3 is 5.97 Å². The van der Waals surface area contributed by atoms with Gasteiger partial charge in [0.05, 0.1) is 6.61 Å². The summed E-state index contributed by atoms with van der Waals surface area (Å²) in [4.78, 5) is 11.9. The van der Waals surface area contributed by atoms with Gasteiger partial charge in [0.1, 0.15) is 11.6 Å². The van der Waals surface area contributed by atoms with E-state index < -0.39 is 11.6 Å². The molecule has 2 heterocycles. The Hall–Kier alpha value is -4.12. The van der Waals surface area contributed by atoms with Gasteiger partial charge in [-0.25, -0.2) is 4.39 Å². The standard InChI is InChI=1S/C29H21FO4/c1-18(31)33-27-17-19-6-2-3-7-22(19)23-12-14-29(34-28(23)27,24-8-4-5-9-25(24)30)21-10-11-26-20(16-21)13-15-32-26/h2-12,14,16-17H,13,15H2,1H3. The number of benzene rings is 4. The lowest BCUT2D eigenvalue weighted by Gasteiger charge is -2.37. The van der Waals surface area contributed by atoms with Crippen LogP contribution < -0.4 is 14.2 Å². The van der Waals surface area contributed by atoms with Crippen molar-refractivity contribution < 1.29 is 23.4 Å². The molecule has 0 fully saturated rings. The Balaban J connectivity index is 1.62. The van der Waals surface area contributed by atoms with E-state index in [1.165, 1.54) is 13.0 Å². The van der Waals surface area contributed by atoms with Crippen molar-refractivity contribution in [2.75, 3.05) is 6.61 Å². The second-order valence-electron chi connectivity index (χ2n) is 8.50. The van der Waals surface area contributed by atoms with E-state index in [4.69, 9.17) is 14.2 Å². The van der Waals surface area contributed by atoms with Crippen LogP contribution in [-0.4, -0.2) is 12.6 Å². The highest BCUT2D eigenvalue weighted by atomic mass is 19.1. The van der Waals surface area contributed by atoms with Gasteiger partial charge in [0.25, 0.3) is 0 Å². The molecule has 5 heteroatoms. The number of rotatable bonds is 3. The SMILES string of the molecule is CC(=O)Oc1cc2ccccc2c2c1OC(c1ccc3c(c1)CCO3)(c1ccccc1F)C=C2. The molecule has 2 aliphatic heterocycles. The minimum absolute atomic E-state index is 0.302. The molecule has 4 nitrogen and oxygen atoms in total. The minimum atomic E-state index is -1.26. The number of carbonyl (C=O) groups is 1. The molecule has 0 bridgehead atoms. The fourth-order valence-electron chi connectivity index (χ4n) is 4.86. The van der Waals surface area contributed by atoms with Crippen molar-refractivity contribution >= 4 is 22.8 Å². The number of hydrogen-bond acceptors (Lipinski definition) is 4. The molecule has 6 rings (SSSR count). The van der Waals surface area contributed by atoms with Crippen molar-refractivity contribution in [3.8, 4) is 17.2 Å². The lowest BCUT2D eigenvalue weighted by atomic mass is 9.82. The van der Waals surface area contributed by atoms with Crippen molar-refractivity contribution in [3.63, 3.8) is 0 Å². The topological polar surface area (TPSA) is 44.8 Å². The molecule has 1 atom stereocenters. The Bertz CT molecular complexity index is 1490. The lowest BCUT2D eigenvalue weighted by molar-refractivity contribution is -0.132. The second kappa shape index (κ2) is 7.73. The normalized spacial score (nSPS) is 18.1. The molecule has 4 aromatic rings. The van der Waals surface area contributed by atoms with E-state index in [0.717, 1.165) is 39.6 Å². The van der Waals surface area contributed by atoms with Gasteiger partial charge in [-0.3, -0.25) is 4.79 Å². The van der Waals surface area contributed by atoms with Crippen molar-refractivity contribution in [3.05, 3.63) is 107 Å². The van der Waals surface area contributed by atoms with Crippen LogP contribution in [0.3, 0.4) is 0 Å². The second-order valence-corrected chi connectivity index (χ2v) is 8.50. The van der Waals surface area contributed by atoms with Gasteiger partial charge in [-0.15, -0.1) is 0 Å². The minimum Gasteiger partial charge on any atom is -0.493 e. The summed E-state index contributed by atoms with van der Waals surface area (Å²) >= 11 is 0. The molecule has 168 valence electrons. The zero-order chi connectivity index (χ0) is 23.3. The molecule has 0 amide bonds. The Morgan fingerprint density at radius 1 is 1.03 bits per heavy atom. The quantitative estimate of drug-likeness (QED) is 0.275. The largest absolute Gasteiger partial charge is 0.493 e. The molecule has 2 aliphatic rings. The number of carbonyl (C=O) groups excluding carboxylic acids is 1. The molecule has 4 aromatic carbocycles. The number of ether oxygens (including phenoxy) is 3. The zero-order valence-corrected chi connectivity index (χ0v) is 18.5. The average molecular weight is 452 g/mol. The van der Waals surface area contributed by atoms with E-state index in [1.54, 1.807) is 24.3 Å². The zero-order valence-electron chi connectivity index (χ0n) is 18.5. The highest BCUT2D eigenvalue weighted by molar-refractivity contribution is 5.96. The van der Waals surface area contributed by atoms with Gasteiger partial charge in [0.2, 0.25) is 0 Å². The maximum atomic E-state index is 15.3. The van der Waals surface area contributed by atoms with Gasteiger partial charge in [-0.1, -0.05) is 48.5 Å². The molecule has 0 radical (unpaired) electrons. The number of hydrogen-bond donors (Lipinski definition) is 0. The first-order valence-electron chi connectivity index (χ1n) is 11.2. The molecule has 0 saturated heterocycles. The van der Waals surface area contributed by atoms with Crippen molar-refractivity contribution in [2.24, 2.45) is 0 Å². The maximum absolute atomic E-state index is 15.3. The highest BCUT2D eigenvalue weighted by Gasteiger charge is 2.41. The molecule has 0 spiro atoms. The van der Waals surface area contributed by atoms with Crippen LogP contribution in [0.15, 0.2) is 78.9 Å². The molecular weight excluding hydrogens is 431 g/mol. The maximum Gasteiger partial charge on any atom is 0.308 e. The molecule has 0 N–H and O–H groups in total. The van der Waals surface area contributed by atoms with Crippen LogP contribution in [0.4, 0.5) is 4.39 Å². The van der Waals surface area contributed by atoms with Crippen LogP contribution in [0.2, 0.25) is 0 Å². The fraction of sp³-hybridized carbons (Fsp3) is 0.138. The van der Waals surface area contributed by atoms with Crippen LogP contribution in [0, 0.1) is 5.82 Å². The van der Waals surface area contributed by atoms with Crippen molar-refractivity contribution in [1.82, 2.24) is 0 Å². The van der Waals surface area contributed by atoms with Crippen LogP contribution in [0.5, 0.6) is 17.2 Å². The summed E-state index contributed by atoms with van der Waals surface area (Å²) in [5.41, 5.74) is 1.72. The Morgan fingerprint density at radius 3 is 2.71 bits per heavy atom. The summed E-state index contributed by atoms with van der Waals surface area (Å²) < 4.78 is 33.3. The Labute approximate surface area is 196 Å². The summed E-state index contributed by atoms with van der Waals surface area (Å²) in [5.74, 6) is 0.690. The smallest absolute Gasteiger partial charge is 0.308 e. The third-order valence-corrected chi connectivity index (χ3v) is 6.40. The predicted molar refractivity (Wildman–Crippen MR) is 128 cm³/mol. The molecule has 0 aromatic heterocycles. The van der Waals surface area contributed by atoms with Crippen LogP contribution in [0.1, 0.15) is 29.2 Å². The van der Waals surface area contributed by atoms with E-state index >= 15 is 4.39 Å². The first-order valence-corrected chi connectivity index (χ1v) is 11.2. The van der Waals surface area contributed by atoms with Crippen molar-refractivity contribution in [1.29, 1.82) is 0 Å². The van der Waals surface area contributed by atoms with Gasteiger partial charge in [0.15, 0.2) is 17.1 Å².